The lowest BCUT2D eigenvalue weighted by Gasteiger charge is -2.36. The van der Waals surface area contributed by atoms with Crippen LogP contribution in [0.5, 0.6) is 5.88 Å². The van der Waals surface area contributed by atoms with Gasteiger partial charge in [0.25, 0.3) is 15.9 Å². The van der Waals surface area contributed by atoms with Crippen LogP contribution in [0.15, 0.2) is 35.5 Å². The molecule has 5 rings (SSSR count). The Morgan fingerprint density at radius 3 is 2.38 bits per heavy atom. The van der Waals surface area contributed by atoms with Gasteiger partial charge in [-0.2, -0.15) is 31.4 Å². The van der Waals surface area contributed by atoms with Crippen molar-refractivity contribution in [3.63, 3.8) is 0 Å². The minimum Gasteiger partial charge on any atom is -0.477 e. The number of anilines is 1. The highest BCUT2D eigenvalue weighted by molar-refractivity contribution is 7.90. The molecule has 1 aliphatic heterocycles. The van der Waals surface area contributed by atoms with Gasteiger partial charge in [0.2, 0.25) is 5.88 Å². The number of nitrogens with zero attached hydrogens (tertiary/aromatic N) is 6. The summed E-state index contributed by atoms with van der Waals surface area (Å²) in [4.78, 5) is 18.6. The smallest absolute Gasteiger partial charge is 0.436 e. The van der Waals surface area contributed by atoms with Crippen LogP contribution < -0.4 is 14.4 Å². The molecule has 2 fully saturated rings. The Labute approximate surface area is 254 Å². The molecule has 1 atom stereocenters. The Morgan fingerprint density at radius 1 is 1.11 bits per heavy atom. The molecule has 3 aromatic rings. The fourth-order valence-electron chi connectivity index (χ4n) is 5.34. The molecule has 1 unspecified atom stereocenters. The van der Waals surface area contributed by atoms with Crippen molar-refractivity contribution < 1.29 is 44.3 Å². The molecular formula is C27H31F6N7O4S. The molecule has 0 spiro atoms. The first-order valence-corrected chi connectivity index (χ1v) is 15.5. The van der Waals surface area contributed by atoms with E-state index in [-0.39, 0.29) is 54.9 Å². The standard InChI is InChI=1S/C27H31F6N7O4S/c1-16-7-12-39(24(16,2)3)22-17(23(41)37-45(42,43)18-15-38(4)36-21(18)26(28,29)30)5-6-19(34-22)40-13-8-20(35-40)44-14-11-25(9-10-25)27(31,32)33/h5-6,8,13,15-16H,7,9-12,14H2,1-4H3,(H,37,41). The lowest BCUT2D eigenvalue weighted by Crippen LogP contribution is -2.44. The van der Waals surface area contributed by atoms with Crippen LogP contribution in [0.25, 0.3) is 5.82 Å². The average Bonchev–Trinajstić information content (AvgIpc) is 3.25. The third kappa shape index (κ3) is 6.20. The Bertz CT molecular complexity index is 1710. The highest BCUT2D eigenvalue weighted by Crippen LogP contribution is 2.59. The normalized spacial score (nSPS) is 19.5. The predicted molar refractivity (Wildman–Crippen MR) is 147 cm³/mol. The molecule has 0 bridgehead atoms. The fraction of sp³-hybridized carbons (Fsp3) is 0.556. The summed E-state index contributed by atoms with van der Waals surface area (Å²) in [5, 5.41) is 7.43. The number of hydrogen-bond donors (Lipinski definition) is 1. The lowest BCUT2D eigenvalue weighted by atomic mass is 9.90. The summed E-state index contributed by atoms with van der Waals surface area (Å²) >= 11 is 0. The molecule has 0 radical (unpaired) electrons. The van der Waals surface area contributed by atoms with Gasteiger partial charge >= 0.3 is 12.4 Å². The largest absolute Gasteiger partial charge is 0.477 e. The fourth-order valence-corrected chi connectivity index (χ4v) is 6.51. The van der Waals surface area contributed by atoms with Crippen LogP contribution in [-0.2, 0) is 23.2 Å². The van der Waals surface area contributed by atoms with E-state index in [1.165, 1.54) is 29.1 Å². The van der Waals surface area contributed by atoms with Gasteiger partial charge in [0, 0.05) is 37.6 Å². The van der Waals surface area contributed by atoms with Crippen molar-refractivity contribution in [1.29, 1.82) is 0 Å². The Hall–Kier alpha value is -3.83. The summed E-state index contributed by atoms with van der Waals surface area (Å²) in [6.45, 7) is 6.06. The molecule has 11 nitrogen and oxygen atoms in total. The molecule has 45 heavy (non-hydrogen) atoms. The molecule has 1 amide bonds. The number of nitrogens with one attached hydrogen (secondary N) is 1. The van der Waals surface area contributed by atoms with Crippen molar-refractivity contribution >= 4 is 21.7 Å². The maximum atomic E-state index is 13.5. The second-order valence-electron chi connectivity index (χ2n) is 12.0. The van der Waals surface area contributed by atoms with Crippen molar-refractivity contribution in [3.8, 4) is 11.7 Å². The van der Waals surface area contributed by atoms with Gasteiger partial charge in [0.05, 0.1) is 17.6 Å². The number of rotatable bonds is 9. The van der Waals surface area contributed by atoms with E-state index < -0.39 is 49.8 Å². The lowest BCUT2D eigenvalue weighted by molar-refractivity contribution is -0.190. The molecule has 1 saturated carbocycles. The summed E-state index contributed by atoms with van der Waals surface area (Å²) in [5.41, 5.74) is -4.16. The summed E-state index contributed by atoms with van der Waals surface area (Å²) in [6.07, 6.45) is -6.67. The van der Waals surface area contributed by atoms with Crippen molar-refractivity contribution in [2.75, 3.05) is 18.1 Å². The second-order valence-corrected chi connectivity index (χ2v) is 13.6. The number of sulfonamides is 1. The molecule has 1 N–H and O–H groups in total. The average molecular weight is 664 g/mol. The first-order valence-electron chi connectivity index (χ1n) is 14.0. The molecule has 246 valence electrons. The third-order valence-corrected chi connectivity index (χ3v) is 10.0. The van der Waals surface area contributed by atoms with Gasteiger partial charge < -0.3 is 9.64 Å². The van der Waals surface area contributed by atoms with E-state index in [0.717, 1.165) is 7.05 Å². The Morgan fingerprint density at radius 2 is 1.80 bits per heavy atom. The molecule has 1 saturated heterocycles. The van der Waals surface area contributed by atoms with Crippen LogP contribution >= 0.6 is 0 Å². The van der Waals surface area contributed by atoms with Gasteiger partial charge in [-0.05, 0) is 57.6 Å². The Kier molecular flexibility index (Phi) is 7.89. The van der Waals surface area contributed by atoms with E-state index in [1.54, 1.807) is 9.62 Å². The number of aryl methyl sites for hydroxylation is 1. The number of hydrogen-bond acceptors (Lipinski definition) is 8. The van der Waals surface area contributed by atoms with Crippen molar-refractivity contribution in [3.05, 3.63) is 41.9 Å². The number of carbonyl (C=O) groups excluding carboxylic acids is 1. The monoisotopic (exact) mass is 663 g/mol. The zero-order valence-electron chi connectivity index (χ0n) is 24.7. The second kappa shape index (κ2) is 10.9. The Balaban J connectivity index is 1.43. The molecular weight excluding hydrogens is 632 g/mol. The van der Waals surface area contributed by atoms with Crippen LogP contribution in [0, 0.1) is 11.3 Å². The number of halogens is 6. The van der Waals surface area contributed by atoms with Gasteiger partial charge in [-0.3, -0.25) is 9.48 Å². The van der Waals surface area contributed by atoms with Gasteiger partial charge in [-0.15, -0.1) is 5.10 Å². The minimum absolute atomic E-state index is 0.0521. The van der Waals surface area contributed by atoms with E-state index in [9.17, 15) is 39.6 Å². The SMILES string of the molecule is CC1CCN(c2nc(-n3ccc(OCCC4(C(F)(F)F)CC4)n3)ccc2C(=O)NS(=O)(=O)c2cn(C)nc2C(F)(F)F)C1(C)C. The highest BCUT2D eigenvalue weighted by Gasteiger charge is 2.62. The molecule has 18 heteroatoms. The van der Waals surface area contributed by atoms with E-state index in [0.29, 0.717) is 23.8 Å². The first kappa shape index (κ1) is 32.6. The zero-order valence-corrected chi connectivity index (χ0v) is 25.5. The quantitative estimate of drug-likeness (QED) is 0.322. The topological polar surface area (TPSA) is 124 Å². The zero-order chi connectivity index (χ0) is 33.2. The van der Waals surface area contributed by atoms with Crippen molar-refractivity contribution in [2.24, 2.45) is 18.4 Å². The van der Waals surface area contributed by atoms with Gasteiger partial charge in [-0.25, -0.2) is 22.8 Å². The van der Waals surface area contributed by atoms with Gasteiger partial charge in [-0.1, -0.05) is 6.92 Å². The predicted octanol–water partition coefficient (Wildman–Crippen LogP) is 4.87. The first-order chi connectivity index (χ1) is 20.7. The summed E-state index contributed by atoms with van der Waals surface area (Å²) in [6, 6.07) is 4.07. The minimum atomic E-state index is -5.09. The maximum Gasteiger partial charge on any atom is 0.436 e. The van der Waals surface area contributed by atoms with Gasteiger partial charge in [0.15, 0.2) is 11.5 Å². The highest BCUT2D eigenvalue weighted by atomic mass is 32.2. The van der Waals surface area contributed by atoms with E-state index >= 15 is 0 Å². The number of amides is 1. The van der Waals surface area contributed by atoms with E-state index in [4.69, 9.17) is 4.74 Å². The van der Waals surface area contributed by atoms with Crippen molar-refractivity contribution in [2.45, 2.75) is 69.2 Å². The number of carbonyl (C=O) groups is 1. The number of pyridine rings is 1. The van der Waals surface area contributed by atoms with E-state index in [1.807, 2.05) is 20.8 Å². The van der Waals surface area contributed by atoms with Crippen LogP contribution in [0.2, 0.25) is 0 Å². The van der Waals surface area contributed by atoms with Crippen molar-refractivity contribution in [1.82, 2.24) is 29.3 Å². The number of alkyl halides is 6. The maximum absolute atomic E-state index is 13.5. The van der Waals surface area contributed by atoms with Crippen LogP contribution in [0.4, 0.5) is 32.2 Å². The number of aromatic nitrogens is 5. The molecule has 2 aliphatic rings. The third-order valence-electron chi connectivity index (χ3n) is 8.71. The summed E-state index contributed by atoms with van der Waals surface area (Å²) < 4.78 is 115. The van der Waals surface area contributed by atoms with Gasteiger partial charge in [0.1, 0.15) is 10.7 Å². The number of ether oxygens (including phenoxy) is 1. The van der Waals surface area contributed by atoms with Crippen LogP contribution in [0.3, 0.4) is 0 Å². The molecule has 1 aliphatic carbocycles. The molecule has 4 heterocycles. The van der Waals surface area contributed by atoms with E-state index in [2.05, 4.69) is 15.2 Å². The molecule has 0 aromatic carbocycles. The summed E-state index contributed by atoms with van der Waals surface area (Å²) in [7, 11) is -3.90. The van der Waals surface area contributed by atoms with Crippen LogP contribution in [-0.4, -0.2) is 63.7 Å². The molecule has 3 aromatic heterocycles. The van der Waals surface area contributed by atoms with Crippen LogP contribution in [0.1, 0.15) is 62.5 Å². The summed E-state index contributed by atoms with van der Waals surface area (Å²) in [5.74, 6) is -0.787.